The first kappa shape index (κ1) is 17.0. The van der Waals surface area contributed by atoms with Crippen LogP contribution < -0.4 is 11.1 Å². The molecule has 0 atom stereocenters. The van der Waals surface area contributed by atoms with Crippen LogP contribution in [0.2, 0.25) is 0 Å². The maximum absolute atomic E-state index is 13.2. The van der Waals surface area contributed by atoms with Crippen LogP contribution in [0.5, 0.6) is 0 Å². The fourth-order valence-corrected chi connectivity index (χ4v) is 4.60. The van der Waals surface area contributed by atoms with E-state index in [1.807, 2.05) is 0 Å². The van der Waals surface area contributed by atoms with E-state index in [0.29, 0.717) is 17.6 Å². The molecular formula is C19H20N4O2S. The lowest BCUT2D eigenvalue weighted by molar-refractivity contribution is 0.589. The molecule has 0 radical (unpaired) electrons. The zero-order valence-corrected chi connectivity index (χ0v) is 15.0. The summed E-state index contributed by atoms with van der Waals surface area (Å²) in [6.45, 7) is 2.03. The van der Waals surface area contributed by atoms with Crippen molar-refractivity contribution >= 4 is 26.6 Å². The van der Waals surface area contributed by atoms with E-state index in [4.69, 9.17) is 5.73 Å². The second-order valence-corrected chi connectivity index (χ2v) is 8.06. The first-order valence-corrected chi connectivity index (χ1v) is 9.96. The molecule has 0 saturated carbocycles. The third kappa shape index (κ3) is 2.84. The topological polar surface area (TPSA) is 90.0 Å². The van der Waals surface area contributed by atoms with Gasteiger partial charge in [0, 0.05) is 31.0 Å². The molecule has 134 valence electrons. The molecule has 0 aliphatic carbocycles. The van der Waals surface area contributed by atoms with Gasteiger partial charge in [-0.2, -0.15) is 0 Å². The Hall–Kier alpha value is -2.48. The first-order chi connectivity index (χ1) is 12.6. The average Bonchev–Trinajstić information content (AvgIpc) is 3.09. The predicted octanol–water partition coefficient (Wildman–Crippen LogP) is 2.11. The Morgan fingerprint density at radius 3 is 2.69 bits per heavy atom. The van der Waals surface area contributed by atoms with Crippen LogP contribution in [-0.2, 0) is 16.6 Å². The van der Waals surface area contributed by atoms with E-state index in [1.165, 1.54) is 3.97 Å². The van der Waals surface area contributed by atoms with E-state index in [1.54, 1.807) is 48.8 Å². The van der Waals surface area contributed by atoms with Crippen molar-refractivity contribution in [1.29, 1.82) is 0 Å². The Bertz CT molecular complexity index is 1080. The van der Waals surface area contributed by atoms with Gasteiger partial charge in [-0.05, 0) is 48.4 Å². The van der Waals surface area contributed by atoms with Crippen molar-refractivity contribution in [3.05, 3.63) is 66.0 Å². The summed E-state index contributed by atoms with van der Waals surface area (Å²) in [5.41, 5.74) is 9.80. The molecule has 0 bridgehead atoms. The number of nitrogens with one attached hydrogen (secondary N) is 1. The van der Waals surface area contributed by atoms with Gasteiger partial charge in [0.25, 0.3) is 10.0 Å². The Morgan fingerprint density at radius 2 is 2.00 bits per heavy atom. The molecule has 0 saturated heterocycles. The number of hydrogen-bond acceptors (Lipinski definition) is 5. The number of nitrogens with two attached hydrogens (primary N) is 1. The Balaban J connectivity index is 1.89. The molecule has 3 N–H and O–H groups in total. The number of fused-ring (bicyclic) bond motifs is 1. The number of rotatable bonds is 4. The number of pyridine rings is 1. The van der Waals surface area contributed by atoms with Gasteiger partial charge in [-0.3, -0.25) is 4.98 Å². The summed E-state index contributed by atoms with van der Waals surface area (Å²) < 4.78 is 27.8. The zero-order chi connectivity index (χ0) is 18.1. The van der Waals surface area contributed by atoms with Gasteiger partial charge in [-0.1, -0.05) is 18.2 Å². The van der Waals surface area contributed by atoms with Crippen LogP contribution in [0.15, 0.2) is 59.8 Å². The molecule has 0 unspecified atom stereocenters. The molecule has 0 amide bonds. The molecule has 6 nitrogen and oxygen atoms in total. The number of hydrogen-bond donors (Lipinski definition) is 2. The second-order valence-electron chi connectivity index (χ2n) is 6.25. The Labute approximate surface area is 152 Å². The van der Waals surface area contributed by atoms with E-state index in [-0.39, 0.29) is 4.90 Å². The SMILES string of the molecule is NCc1ccc(S(=O)(=O)n2cc(C3=CCNCC3)c3ncccc32)cc1. The maximum Gasteiger partial charge on any atom is 0.268 e. The van der Waals surface area contributed by atoms with Gasteiger partial charge < -0.3 is 11.1 Å². The van der Waals surface area contributed by atoms with Crippen LogP contribution in [0.1, 0.15) is 17.5 Å². The smallest absolute Gasteiger partial charge is 0.268 e. The molecule has 26 heavy (non-hydrogen) atoms. The summed E-state index contributed by atoms with van der Waals surface area (Å²) in [7, 11) is -3.72. The minimum Gasteiger partial charge on any atom is -0.326 e. The summed E-state index contributed by atoms with van der Waals surface area (Å²) in [6.07, 6.45) is 6.34. The van der Waals surface area contributed by atoms with Crippen molar-refractivity contribution < 1.29 is 8.42 Å². The fourth-order valence-electron chi connectivity index (χ4n) is 3.24. The van der Waals surface area contributed by atoms with Gasteiger partial charge in [0.2, 0.25) is 0 Å². The predicted molar refractivity (Wildman–Crippen MR) is 102 cm³/mol. The van der Waals surface area contributed by atoms with E-state index in [9.17, 15) is 8.42 Å². The Kier molecular flexibility index (Phi) is 4.36. The van der Waals surface area contributed by atoms with Gasteiger partial charge in [-0.15, -0.1) is 0 Å². The van der Waals surface area contributed by atoms with E-state index in [2.05, 4.69) is 16.4 Å². The molecule has 0 spiro atoms. The molecule has 2 aromatic heterocycles. The number of benzene rings is 1. The van der Waals surface area contributed by atoms with Crippen LogP contribution in [-0.4, -0.2) is 30.5 Å². The standard InChI is InChI=1S/C19H20N4O2S/c20-12-14-3-5-16(6-4-14)26(24,25)23-13-17(15-7-10-21-11-8-15)19-18(23)2-1-9-22-19/h1-7,9,13,21H,8,10-12,20H2. The maximum atomic E-state index is 13.2. The van der Waals surface area contributed by atoms with Gasteiger partial charge in [-0.25, -0.2) is 12.4 Å². The second kappa shape index (κ2) is 6.68. The van der Waals surface area contributed by atoms with Crippen molar-refractivity contribution in [3.8, 4) is 0 Å². The first-order valence-electron chi connectivity index (χ1n) is 8.52. The van der Waals surface area contributed by atoms with Gasteiger partial charge in [0.05, 0.1) is 15.9 Å². The monoisotopic (exact) mass is 368 g/mol. The Morgan fingerprint density at radius 1 is 1.19 bits per heavy atom. The zero-order valence-electron chi connectivity index (χ0n) is 14.2. The van der Waals surface area contributed by atoms with E-state index in [0.717, 1.165) is 36.2 Å². The van der Waals surface area contributed by atoms with E-state index >= 15 is 0 Å². The van der Waals surface area contributed by atoms with Crippen LogP contribution >= 0.6 is 0 Å². The van der Waals surface area contributed by atoms with Crippen LogP contribution in [0.25, 0.3) is 16.6 Å². The van der Waals surface area contributed by atoms with Crippen molar-refractivity contribution in [2.75, 3.05) is 13.1 Å². The van der Waals surface area contributed by atoms with Gasteiger partial charge in [0.1, 0.15) is 0 Å². The molecule has 1 aliphatic heterocycles. The largest absolute Gasteiger partial charge is 0.326 e. The molecule has 7 heteroatoms. The highest BCUT2D eigenvalue weighted by Crippen LogP contribution is 2.31. The molecule has 1 aliphatic rings. The number of nitrogens with zero attached hydrogens (tertiary/aromatic N) is 2. The fraction of sp³-hybridized carbons (Fsp3) is 0.211. The molecule has 0 fully saturated rings. The lowest BCUT2D eigenvalue weighted by Crippen LogP contribution is -2.20. The molecular weight excluding hydrogens is 348 g/mol. The molecule has 1 aromatic carbocycles. The quantitative estimate of drug-likeness (QED) is 0.736. The van der Waals surface area contributed by atoms with Gasteiger partial charge >= 0.3 is 0 Å². The minimum absolute atomic E-state index is 0.237. The molecule has 4 rings (SSSR count). The third-order valence-electron chi connectivity index (χ3n) is 4.65. The third-order valence-corrected chi connectivity index (χ3v) is 6.34. The molecule has 3 aromatic rings. The summed E-state index contributed by atoms with van der Waals surface area (Å²) in [5.74, 6) is 0. The van der Waals surface area contributed by atoms with Crippen molar-refractivity contribution in [3.63, 3.8) is 0 Å². The normalized spacial score (nSPS) is 15.2. The highest BCUT2D eigenvalue weighted by molar-refractivity contribution is 7.90. The van der Waals surface area contributed by atoms with Gasteiger partial charge in [0.15, 0.2) is 0 Å². The lowest BCUT2D eigenvalue weighted by Gasteiger charge is -2.12. The van der Waals surface area contributed by atoms with Crippen molar-refractivity contribution in [1.82, 2.24) is 14.3 Å². The van der Waals surface area contributed by atoms with Crippen LogP contribution in [0.3, 0.4) is 0 Å². The average molecular weight is 368 g/mol. The highest BCUT2D eigenvalue weighted by atomic mass is 32.2. The van der Waals surface area contributed by atoms with Crippen LogP contribution in [0, 0.1) is 0 Å². The summed E-state index contributed by atoms with van der Waals surface area (Å²) in [4.78, 5) is 4.69. The van der Waals surface area contributed by atoms with Crippen molar-refractivity contribution in [2.24, 2.45) is 5.73 Å². The van der Waals surface area contributed by atoms with E-state index < -0.39 is 10.0 Å². The summed E-state index contributed by atoms with van der Waals surface area (Å²) in [6, 6.07) is 10.2. The lowest BCUT2D eigenvalue weighted by atomic mass is 10.0. The van der Waals surface area contributed by atoms with Crippen molar-refractivity contribution in [2.45, 2.75) is 17.9 Å². The number of aromatic nitrogens is 2. The molecule has 3 heterocycles. The minimum atomic E-state index is -3.72. The van der Waals surface area contributed by atoms with Crippen LogP contribution in [0.4, 0.5) is 0 Å². The summed E-state index contributed by atoms with van der Waals surface area (Å²) >= 11 is 0. The highest BCUT2D eigenvalue weighted by Gasteiger charge is 2.23. The summed E-state index contributed by atoms with van der Waals surface area (Å²) in [5, 5.41) is 3.27.